The molecule has 0 saturated heterocycles. The molecule has 0 aromatic heterocycles. The highest BCUT2D eigenvalue weighted by Crippen LogP contribution is 2.35. The number of alkyl halides is 6. The van der Waals surface area contributed by atoms with Gasteiger partial charge in [-0.3, -0.25) is 9.59 Å². The van der Waals surface area contributed by atoms with Crippen LogP contribution in [-0.4, -0.2) is 45.0 Å². The number of esters is 1. The Morgan fingerprint density at radius 2 is 1.47 bits per heavy atom. The standard InChI is InChI=1S/C21H15F6NO7S/c1-9(29)28-14(8-36-19(34)12-4-2-10(6-15(12)30)20(22,23)24)18(33)35-16-7-11(21(25,26)27)3-5-13(16)17(31)32/h2-7,14,30H,8H2,1H3,(H,28,29)(H,31,32)/t14-/m1/s1. The number of nitrogens with one attached hydrogen (secondary N) is 1. The van der Waals surface area contributed by atoms with Gasteiger partial charge in [0, 0.05) is 12.7 Å². The van der Waals surface area contributed by atoms with Crippen LogP contribution in [0.2, 0.25) is 0 Å². The van der Waals surface area contributed by atoms with Crippen molar-refractivity contribution in [1.29, 1.82) is 0 Å². The number of aromatic hydroxyl groups is 1. The van der Waals surface area contributed by atoms with Crippen LogP contribution >= 0.6 is 11.8 Å². The van der Waals surface area contributed by atoms with Crippen molar-refractivity contribution in [3.8, 4) is 11.5 Å². The van der Waals surface area contributed by atoms with Crippen molar-refractivity contribution in [2.75, 3.05) is 5.75 Å². The van der Waals surface area contributed by atoms with Gasteiger partial charge in [0.25, 0.3) is 0 Å². The van der Waals surface area contributed by atoms with Crippen LogP contribution in [0.25, 0.3) is 0 Å². The van der Waals surface area contributed by atoms with Gasteiger partial charge in [-0.15, -0.1) is 0 Å². The maximum absolute atomic E-state index is 13.0. The summed E-state index contributed by atoms with van der Waals surface area (Å²) >= 11 is 0.272. The largest absolute Gasteiger partial charge is 0.507 e. The molecule has 1 amide bonds. The topological polar surface area (TPSA) is 130 Å². The van der Waals surface area contributed by atoms with Gasteiger partial charge in [-0.05, 0) is 36.4 Å². The number of phenols is 1. The average Bonchev–Trinajstić information content (AvgIpc) is 2.74. The molecule has 0 aliphatic heterocycles. The normalized spacial score (nSPS) is 12.5. The van der Waals surface area contributed by atoms with Gasteiger partial charge in [0.05, 0.1) is 16.7 Å². The zero-order valence-corrected chi connectivity index (χ0v) is 18.7. The van der Waals surface area contributed by atoms with Crippen LogP contribution in [0.3, 0.4) is 0 Å². The first-order valence-electron chi connectivity index (χ1n) is 9.51. The summed E-state index contributed by atoms with van der Waals surface area (Å²) < 4.78 is 81.9. The van der Waals surface area contributed by atoms with E-state index in [1.54, 1.807) is 0 Å². The number of ether oxygens (including phenoxy) is 1. The molecule has 0 heterocycles. The summed E-state index contributed by atoms with van der Waals surface area (Å²) in [5, 5.41) is 20.0. The van der Waals surface area contributed by atoms with Gasteiger partial charge in [-0.1, -0.05) is 11.8 Å². The molecule has 194 valence electrons. The van der Waals surface area contributed by atoms with Crippen molar-refractivity contribution in [2.45, 2.75) is 25.3 Å². The molecule has 0 unspecified atom stereocenters. The second-order valence-electron chi connectivity index (χ2n) is 7.02. The minimum atomic E-state index is -4.90. The number of phenolic OH excluding ortho intramolecular Hbond substituents is 1. The third-order valence-electron chi connectivity index (χ3n) is 4.34. The molecular weight excluding hydrogens is 524 g/mol. The maximum atomic E-state index is 13.0. The van der Waals surface area contributed by atoms with E-state index >= 15 is 0 Å². The Morgan fingerprint density at radius 1 is 0.944 bits per heavy atom. The zero-order valence-electron chi connectivity index (χ0n) is 17.9. The monoisotopic (exact) mass is 539 g/mol. The number of carbonyl (C=O) groups is 4. The van der Waals surface area contributed by atoms with Crippen molar-refractivity contribution < 1.29 is 60.5 Å². The average molecular weight is 539 g/mol. The number of benzene rings is 2. The number of hydrogen-bond donors (Lipinski definition) is 3. The summed E-state index contributed by atoms with van der Waals surface area (Å²) in [6.45, 7) is 0.960. The van der Waals surface area contributed by atoms with Gasteiger partial charge < -0.3 is 20.3 Å². The number of rotatable bonds is 7. The van der Waals surface area contributed by atoms with Crippen LogP contribution in [0.1, 0.15) is 38.8 Å². The summed E-state index contributed by atoms with van der Waals surface area (Å²) in [6, 6.07) is 1.14. The fraction of sp³-hybridized carbons (Fsp3) is 0.238. The molecule has 2 aromatic rings. The maximum Gasteiger partial charge on any atom is 0.416 e. The molecule has 0 fully saturated rings. The van der Waals surface area contributed by atoms with E-state index in [1.165, 1.54) is 0 Å². The predicted molar refractivity (Wildman–Crippen MR) is 112 cm³/mol. The van der Waals surface area contributed by atoms with E-state index in [9.17, 15) is 50.6 Å². The van der Waals surface area contributed by atoms with E-state index in [-0.39, 0.29) is 17.8 Å². The number of carbonyl (C=O) groups excluding carboxylic acids is 3. The van der Waals surface area contributed by atoms with E-state index < -0.39 is 80.9 Å². The molecule has 36 heavy (non-hydrogen) atoms. The Labute approximate surface area is 202 Å². The highest BCUT2D eigenvalue weighted by atomic mass is 32.2. The Hall–Kier alpha value is -3.75. The van der Waals surface area contributed by atoms with Gasteiger partial charge in [0.1, 0.15) is 23.1 Å². The third-order valence-corrected chi connectivity index (χ3v) is 5.32. The Kier molecular flexibility index (Phi) is 8.62. The van der Waals surface area contributed by atoms with Gasteiger partial charge in [-0.2, -0.15) is 26.3 Å². The fourth-order valence-corrected chi connectivity index (χ4v) is 3.54. The van der Waals surface area contributed by atoms with E-state index in [0.29, 0.717) is 30.3 Å². The number of hydrogen-bond acceptors (Lipinski definition) is 7. The lowest BCUT2D eigenvalue weighted by Gasteiger charge is -2.18. The summed E-state index contributed by atoms with van der Waals surface area (Å²) in [7, 11) is 0. The van der Waals surface area contributed by atoms with Crippen molar-refractivity contribution >= 4 is 34.7 Å². The lowest BCUT2D eigenvalue weighted by Crippen LogP contribution is -2.44. The van der Waals surface area contributed by atoms with Crippen LogP contribution in [0.15, 0.2) is 36.4 Å². The molecule has 0 aliphatic carbocycles. The van der Waals surface area contributed by atoms with Gasteiger partial charge in [0.2, 0.25) is 11.0 Å². The van der Waals surface area contributed by atoms with E-state index in [2.05, 4.69) is 5.32 Å². The molecule has 0 aliphatic rings. The van der Waals surface area contributed by atoms with Gasteiger partial charge in [0.15, 0.2) is 0 Å². The molecule has 1 atom stereocenters. The Balaban J connectivity index is 2.25. The Morgan fingerprint density at radius 3 is 1.94 bits per heavy atom. The van der Waals surface area contributed by atoms with Crippen molar-refractivity contribution in [2.24, 2.45) is 0 Å². The highest BCUT2D eigenvalue weighted by Gasteiger charge is 2.34. The second-order valence-corrected chi connectivity index (χ2v) is 8.01. The van der Waals surface area contributed by atoms with Crippen molar-refractivity contribution in [1.82, 2.24) is 5.32 Å². The summed E-state index contributed by atoms with van der Waals surface area (Å²) in [4.78, 5) is 47.7. The summed E-state index contributed by atoms with van der Waals surface area (Å²) in [5.41, 5.74) is -3.89. The lowest BCUT2D eigenvalue weighted by atomic mass is 10.1. The van der Waals surface area contributed by atoms with Crippen LogP contribution in [0, 0.1) is 0 Å². The fourth-order valence-electron chi connectivity index (χ4n) is 2.67. The molecular formula is C21H15F6NO7S. The van der Waals surface area contributed by atoms with Crippen LogP contribution < -0.4 is 10.1 Å². The quantitative estimate of drug-likeness (QED) is 0.272. The minimum Gasteiger partial charge on any atom is -0.507 e. The van der Waals surface area contributed by atoms with Crippen LogP contribution in [-0.2, 0) is 21.9 Å². The summed E-state index contributed by atoms with van der Waals surface area (Å²) in [5.74, 6) is -6.58. The van der Waals surface area contributed by atoms with Gasteiger partial charge in [-0.25, -0.2) is 9.59 Å². The molecule has 0 radical (unpaired) electrons. The SMILES string of the molecule is CC(=O)N[C@H](CSC(=O)c1ccc(C(F)(F)F)cc1O)C(=O)Oc1cc(C(F)(F)F)ccc1C(=O)O. The number of thioether (sulfide) groups is 1. The Bertz CT molecular complexity index is 1200. The third kappa shape index (κ3) is 7.37. The molecule has 2 rings (SSSR count). The molecule has 0 spiro atoms. The highest BCUT2D eigenvalue weighted by molar-refractivity contribution is 8.14. The number of carboxylic acids is 1. The number of carboxylic acid groups (broad SMARTS) is 1. The van der Waals surface area contributed by atoms with Gasteiger partial charge >= 0.3 is 24.3 Å². The molecule has 0 bridgehead atoms. The van der Waals surface area contributed by atoms with E-state index in [4.69, 9.17) is 9.84 Å². The number of halogens is 6. The molecule has 0 saturated carbocycles. The molecule has 3 N–H and O–H groups in total. The lowest BCUT2D eigenvalue weighted by molar-refractivity contribution is -0.140. The first-order valence-corrected chi connectivity index (χ1v) is 10.5. The second kappa shape index (κ2) is 10.9. The van der Waals surface area contributed by atoms with E-state index in [1.807, 2.05) is 0 Å². The number of amides is 1. The van der Waals surface area contributed by atoms with E-state index in [0.717, 1.165) is 6.92 Å². The predicted octanol–water partition coefficient (Wildman–Crippen LogP) is 4.11. The van der Waals surface area contributed by atoms with Crippen molar-refractivity contribution in [3.63, 3.8) is 0 Å². The van der Waals surface area contributed by atoms with Crippen molar-refractivity contribution in [3.05, 3.63) is 58.7 Å². The van der Waals surface area contributed by atoms with Crippen LogP contribution in [0.4, 0.5) is 26.3 Å². The zero-order chi connectivity index (χ0) is 27.4. The molecule has 15 heteroatoms. The first-order chi connectivity index (χ1) is 16.5. The number of aromatic carboxylic acids is 1. The molecule has 8 nitrogen and oxygen atoms in total. The smallest absolute Gasteiger partial charge is 0.416 e. The summed E-state index contributed by atoms with van der Waals surface area (Å²) in [6.07, 6.45) is -9.69. The van der Waals surface area contributed by atoms with Crippen LogP contribution in [0.5, 0.6) is 11.5 Å². The first kappa shape index (κ1) is 28.5. The molecule has 2 aromatic carbocycles. The minimum absolute atomic E-state index is 0.269.